The zero-order valence-corrected chi connectivity index (χ0v) is 19.6. The number of alkyl carbamates (subject to hydrolysis) is 1. The van der Waals surface area contributed by atoms with Crippen molar-refractivity contribution in [3.05, 3.63) is 59.7 Å². The molecular weight excluding hydrogens is 444 g/mol. The third kappa shape index (κ3) is 3.87. The Labute approximate surface area is 204 Å². The number of hydrogen-bond acceptors (Lipinski definition) is 4. The molecule has 2 saturated carbocycles. The maximum atomic E-state index is 12.7. The average Bonchev–Trinajstić information content (AvgIpc) is 3.15. The summed E-state index contributed by atoms with van der Waals surface area (Å²) in [4.78, 5) is 38.5. The third-order valence-corrected chi connectivity index (χ3v) is 8.59. The number of carboxylic acid groups (broad SMARTS) is 1. The van der Waals surface area contributed by atoms with Crippen LogP contribution in [0.15, 0.2) is 48.5 Å². The Bertz CT molecular complexity index is 1150. The summed E-state index contributed by atoms with van der Waals surface area (Å²) in [5, 5.41) is 12.4. The molecule has 35 heavy (non-hydrogen) atoms. The van der Waals surface area contributed by atoms with E-state index < -0.39 is 17.5 Å². The molecule has 1 aliphatic heterocycles. The second kappa shape index (κ2) is 8.40. The fraction of sp³-hybridized carbons (Fsp3) is 0.464. The molecular formula is C28H30N2O5. The fourth-order valence-electron chi connectivity index (χ4n) is 6.58. The highest BCUT2D eigenvalue weighted by Gasteiger charge is 2.66. The maximum absolute atomic E-state index is 12.7. The van der Waals surface area contributed by atoms with E-state index in [9.17, 15) is 19.5 Å². The Morgan fingerprint density at radius 1 is 1.03 bits per heavy atom. The van der Waals surface area contributed by atoms with Gasteiger partial charge in [-0.3, -0.25) is 9.59 Å². The molecule has 6 rings (SSSR count). The number of amides is 2. The van der Waals surface area contributed by atoms with Gasteiger partial charge in [-0.15, -0.1) is 0 Å². The van der Waals surface area contributed by atoms with Crippen molar-refractivity contribution in [2.45, 2.75) is 44.1 Å². The van der Waals surface area contributed by atoms with Crippen LogP contribution in [0.3, 0.4) is 0 Å². The van der Waals surface area contributed by atoms with Gasteiger partial charge in [-0.05, 0) is 59.8 Å². The minimum atomic E-state index is -0.772. The summed E-state index contributed by atoms with van der Waals surface area (Å²) < 4.78 is 5.67. The van der Waals surface area contributed by atoms with E-state index in [2.05, 4.69) is 29.6 Å². The number of hydrogen-bond donors (Lipinski definition) is 2. The first kappa shape index (κ1) is 22.1. The number of carbonyl (C=O) groups excluding carboxylic acids is 2. The highest BCUT2D eigenvalue weighted by molar-refractivity contribution is 5.84. The van der Waals surface area contributed by atoms with Crippen molar-refractivity contribution in [2.24, 2.45) is 17.3 Å². The van der Waals surface area contributed by atoms with Gasteiger partial charge in [0.25, 0.3) is 0 Å². The molecule has 2 amide bonds. The molecule has 3 aliphatic carbocycles. The predicted molar refractivity (Wildman–Crippen MR) is 129 cm³/mol. The van der Waals surface area contributed by atoms with E-state index in [1.54, 1.807) is 4.90 Å². The monoisotopic (exact) mass is 474 g/mol. The molecule has 7 nitrogen and oxygen atoms in total. The number of nitrogens with one attached hydrogen (secondary N) is 1. The number of likely N-dealkylation sites (tertiary alicyclic amines) is 1. The smallest absolute Gasteiger partial charge is 0.407 e. The SMILES string of the molecule is O=C(N[C@@H]1CC[C@H](CC(=O)N2CC3CC3(C(=O)O)C2)C1)OCC1c2ccccc2-c2ccccc21. The summed E-state index contributed by atoms with van der Waals surface area (Å²) in [7, 11) is 0. The van der Waals surface area contributed by atoms with Gasteiger partial charge >= 0.3 is 12.1 Å². The largest absolute Gasteiger partial charge is 0.481 e. The van der Waals surface area contributed by atoms with E-state index in [1.165, 1.54) is 22.3 Å². The summed E-state index contributed by atoms with van der Waals surface area (Å²) in [5.41, 5.74) is 4.09. The molecule has 4 atom stereocenters. The molecule has 0 bridgehead atoms. The summed E-state index contributed by atoms with van der Waals surface area (Å²) in [6.45, 7) is 1.20. The van der Waals surface area contributed by atoms with Crippen LogP contribution < -0.4 is 5.32 Å². The van der Waals surface area contributed by atoms with Gasteiger partial charge in [0.1, 0.15) is 6.61 Å². The van der Waals surface area contributed by atoms with E-state index in [1.807, 2.05) is 24.3 Å². The lowest BCUT2D eigenvalue weighted by molar-refractivity contribution is -0.144. The number of ether oxygens (including phenoxy) is 1. The normalized spacial score (nSPS) is 28.2. The van der Waals surface area contributed by atoms with Crippen molar-refractivity contribution in [1.82, 2.24) is 10.2 Å². The van der Waals surface area contributed by atoms with Crippen LogP contribution >= 0.6 is 0 Å². The van der Waals surface area contributed by atoms with Gasteiger partial charge in [0.15, 0.2) is 0 Å². The molecule has 7 heteroatoms. The standard InChI is InChI=1S/C28H30N2O5/c31-25(30-14-18-13-28(18,16-30)26(32)33)12-17-9-10-19(11-17)29-27(34)35-15-24-22-7-3-1-5-20(22)21-6-2-4-8-23(21)24/h1-8,17-19,24H,9-16H2,(H,29,34)(H,32,33)/t17-,18?,19+,28?/m0/s1. The highest BCUT2D eigenvalue weighted by Crippen LogP contribution is 2.58. The van der Waals surface area contributed by atoms with E-state index in [0.717, 1.165) is 19.3 Å². The van der Waals surface area contributed by atoms with Crippen LogP contribution in [0.25, 0.3) is 11.1 Å². The lowest BCUT2D eigenvalue weighted by atomic mass is 9.98. The van der Waals surface area contributed by atoms with Crippen LogP contribution in [-0.2, 0) is 14.3 Å². The Kier molecular flexibility index (Phi) is 5.31. The number of nitrogens with zero attached hydrogens (tertiary/aromatic N) is 1. The quantitative estimate of drug-likeness (QED) is 0.659. The molecule has 2 N–H and O–H groups in total. The first-order valence-corrected chi connectivity index (χ1v) is 12.6. The number of aliphatic carboxylic acids is 1. The van der Waals surface area contributed by atoms with Crippen molar-refractivity contribution in [1.29, 1.82) is 0 Å². The van der Waals surface area contributed by atoms with E-state index in [-0.39, 0.29) is 36.3 Å². The van der Waals surface area contributed by atoms with Gasteiger partial charge < -0.3 is 20.1 Å². The van der Waals surface area contributed by atoms with Crippen LogP contribution in [0, 0.1) is 17.3 Å². The number of piperidine rings is 1. The Morgan fingerprint density at radius 3 is 2.37 bits per heavy atom. The second-order valence-electron chi connectivity index (χ2n) is 10.7. The molecule has 182 valence electrons. The minimum absolute atomic E-state index is 0.000734. The lowest BCUT2D eigenvalue weighted by Gasteiger charge is -2.21. The van der Waals surface area contributed by atoms with Crippen molar-refractivity contribution in [3.8, 4) is 11.1 Å². The number of carboxylic acids is 1. The second-order valence-corrected chi connectivity index (χ2v) is 10.7. The number of carbonyl (C=O) groups is 3. The summed E-state index contributed by atoms with van der Waals surface area (Å²) in [6.07, 6.45) is 3.15. The number of benzene rings is 2. The van der Waals surface area contributed by atoms with E-state index in [0.29, 0.717) is 25.9 Å². The maximum Gasteiger partial charge on any atom is 0.407 e. The zero-order chi connectivity index (χ0) is 24.2. The summed E-state index contributed by atoms with van der Waals surface area (Å²) in [5.74, 6) is -0.367. The van der Waals surface area contributed by atoms with E-state index >= 15 is 0 Å². The van der Waals surface area contributed by atoms with Crippen LogP contribution in [0.1, 0.15) is 49.1 Å². The molecule has 2 aromatic rings. The average molecular weight is 475 g/mol. The van der Waals surface area contributed by atoms with Crippen LogP contribution in [0.2, 0.25) is 0 Å². The van der Waals surface area contributed by atoms with Gasteiger partial charge in [0.2, 0.25) is 5.91 Å². The Morgan fingerprint density at radius 2 is 1.71 bits per heavy atom. The van der Waals surface area contributed by atoms with Gasteiger partial charge in [0, 0.05) is 31.5 Å². The molecule has 3 fully saturated rings. The van der Waals surface area contributed by atoms with Crippen molar-refractivity contribution in [3.63, 3.8) is 0 Å². The van der Waals surface area contributed by atoms with Gasteiger partial charge in [-0.25, -0.2) is 4.79 Å². The molecule has 2 aromatic carbocycles. The van der Waals surface area contributed by atoms with Gasteiger partial charge in [0.05, 0.1) is 5.41 Å². The Hall–Kier alpha value is -3.35. The third-order valence-electron chi connectivity index (χ3n) is 8.59. The number of rotatable bonds is 6. The topological polar surface area (TPSA) is 95.9 Å². The predicted octanol–water partition coefficient (Wildman–Crippen LogP) is 4.02. The number of fused-ring (bicyclic) bond motifs is 4. The molecule has 2 unspecified atom stereocenters. The lowest BCUT2D eigenvalue weighted by Crippen LogP contribution is -2.36. The molecule has 0 spiro atoms. The molecule has 4 aliphatic rings. The van der Waals surface area contributed by atoms with Crippen LogP contribution in [0.5, 0.6) is 0 Å². The highest BCUT2D eigenvalue weighted by atomic mass is 16.5. The first-order valence-electron chi connectivity index (χ1n) is 12.6. The van der Waals surface area contributed by atoms with Crippen molar-refractivity contribution >= 4 is 18.0 Å². The van der Waals surface area contributed by atoms with Crippen LogP contribution in [0.4, 0.5) is 4.79 Å². The van der Waals surface area contributed by atoms with Crippen molar-refractivity contribution in [2.75, 3.05) is 19.7 Å². The zero-order valence-electron chi connectivity index (χ0n) is 19.6. The minimum Gasteiger partial charge on any atom is -0.481 e. The van der Waals surface area contributed by atoms with Gasteiger partial charge in [-0.2, -0.15) is 0 Å². The molecule has 0 radical (unpaired) electrons. The summed E-state index contributed by atoms with van der Waals surface area (Å²) >= 11 is 0. The fourth-order valence-corrected chi connectivity index (χ4v) is 6.58. The Balaban J connectivity index is 0.988. The van der Waals surface area contributed by atoms with E-state index in [4.69, 9.17) is 4.74 Å². The van der Waals surface area contributed by atoms with Crippen molar-refractivity contribution < 1.29 is 24.2 Å². The molecule has 1 heterocycles. The van der Waals surface area contributed by atoms with Gasteiger partial charge in [-0.1, -0.05) is 48.5 Å². The molecule has 1 saturated heterocycles. The molecule has 0 aromatic heterocycles. The first-order chi connectivity index (χ1) is 16.9. The summed E-state index contributed by atoms with van der Waals surface area (Å²) in [6, 6.07) is 16.5. The van der Waals surface area contributed by atoms with Crippen LogP contribution in [-0.4, -0.2) is 53.7 Å².